The van der Waals surface area contributed by atoms with Crippen LogP contribution in [0.5, 0.6) is 0 Å². The van der Waals surface area contributed by atoms with Gasteiger partial charge in [-0.1, -0.05) is 70.4 Å². The topological polar surface area (TPSA) is 162 Å². The molecule has 0 atom stereocenters. The number of hydrogen-bond donors (Lipinski definition) is 5. The molecule has 0 aromatic heterocycles. The minimum Gasteiger partial charge on any atom is -0.481 e. The first kappa shape index (κ1) is 38.2. The molecule has 0 spiro atoms. The third kappa shape index (κ3) is 27.1. The van der Waals surface area contributed by atoms with Crippen LogP contribution in [-0.4, -0.2) is 69.9 Å². The lowest BCUT2D eigenvalue weighted by Crippen LogP contribution is -2.39. The van der Waals surface area contributed by atoms with Crippen molar-refractivity contribution in [1.29, 1.82) is 0 Å². The number of allylic oxidation sites excluding steroid dienone is 2. The van der Waals surface area contributed by atoms with Crippen LogP contribution in [0.15, 0.2) is 12.2 Å². The molecule has 0 saturated heterocycles. The van der Waals surface area contributed by atoms with Gasteiger partial charge in [0.1, 0.15) is 6.61 Å². The molecular weight excluding hydrogens is 492 g/mol. The van der Waals surface area contributed by atoms with E-state index in [0.717, 1.165) is 25.7 Å². The molecule has 9 heteroatoms. The average Bonchev–Trinajstić information content (AvgIpc) is 2.90. The van der Waals surface area contributed by atoms with Crippen molar-refractivity contribution in [1.82, 2.24) is 0 Å². The van der Waals surface area contributed by atoms with Gasteiger partial charge in [0.25, 0.3) is 0 Å². The van der Waals surface area contributed by atoms with Gasteiger partial charge in [0.15, 0.2) is 0 Å². The minimum absolute atomic E-state index is 0.0628. The van der Waals surface area contributed by atoms with Crippen molar-refractivity contribution in [3.05, 3.63) is 12.2 Å². The lowest BCUT2D eigenvalue weighted by Gasteiger charge is -2.26. The summed E-state index contributed by atoms with van der Waals surface area (Å²) in [6.07, 6.45) is 21.7. The fourth-order valence-electron chi connectivity index (χ4n) is 3.49. The highest BCUT2D eigenvalue weighted by molar-refractivity contribution is 5.69. The number of ether oxygens (including phenoxy) is 1. The Hall–Kier alpha value is -1.97. The minimum atomic E-state index is -1.14. The predicted molar refractivity (Wildman–Crippen MR) is 148 cm³/mol. The summed E-state index contributed by atoms with van der Waals surface area (Å²) in [6, 6.07) is 0. The average molecular weight is 547 g/mol. The molecule has 0 heterocycles. The van der Waals surface area contributed by atoms with Gasteiger partial charge in [-0.25, -0.2) is 0 Å². The molecular formula is C29H54O9. The summed E-state index contributed by atoms with van der Waals surface area (Å²) in [5.74, 6) is -2.08. The smallest absolute Gasteiger partial charge is 0.305 e. The molecule has 0 saturated carbocycles. The van der Waals surface area contributed by atoms with Crippen molar-refractivity contribution >= 4 is 17.9 Å². The zero-order valence-corrected chi connectivity index (χ0v) is 23.6. The molecule has 0 rings (SSSR count). The monoisotopic (exact) mass is 546 g/mol. The maximum absolute atomic E-state index is 11.7. The van der Waals surface area contributed by atoms with Crippen LogP contribution in [0, 0.1) is 5.41 Å². The Morgan fingerprint density at radius 3 is 1.42 bits per heavy atom. The van der Waals surface area contributed by atoms with Crippen LogP contribution in [0.1, 0.15) is 122 Å². The Labute approximate surface area is 229 Å². The number of aliphatic carboxylic acids is 2. The van der Waals surface area contributed by atoms with E-state index < -0.39 is 37.2 Å². The molecule has 0 aliphatic carbocycles. The summed E-state index contributed by atoms with van der Waals surface area (Å²) < 4.78 is 5.07. The van der Waals surface area contributed by atoms with Crippen molar-refractivity contribution < 1.29 is 44.7 Å². The van der Waals surface area contributed by atoms with E-state index in [1.54, 1.807) is 0 Å². The summed E-state index contributed by atoms with van der Waals surface area (Å²) in [5.41, 5.74) is -1.14. The van der Waals surface area contributed by atoms with E-state index in [1.165, 1.54) is 57.8 Å². The van der Waals surface area contributed by atoms with E-state index >= 15 is 0 Å². The molecule has 38 heavy (non-hydrogen) atoms. The molecule has 5 N–H and O–H groups in total. The first-order valence-corrected chi connectivity index (χ1v) is 14.3. The molecule has 0 aliphatic heterocycles. The Balaban J connectivity index is 0. The van der Waals surface area contributed by atoms with Gasteiger partial charge in [0, 0.05) is 19.3 Å². The molecule has 0 aliphatic rings. The summed E-state index contributed by atoms with van der Waals surface area (Å²) in [7, 11) is 0. The van der Waals surface area contributed by atoms with E-state index in [1.807, 2.05) is 0 Å². The summed E-state index contributed by atoms with van der Waals surface area (Å²) in [6.45, 7) is 0.849. The van der Waals surface area contributed by atoms with Crippen LogP contribution in [0.2, 0.25) is 0 Å². The highest BCUT2D eigenvalue weighted by Gasteiger charge is 2.30. The van der Waals surface area contributed by atoms with Gasteiger partial charge in [0.2, 0.25) is 0 Å². The fourth-order valence-corrected chi connectivity index (χ4v) is 3.49. The number of carboxylic acid groups (broad SMARTS) is 2. The second-order valence-corrected chi connectivity index (χ2v) is 9.96. The SMILES string of the molecule is CCCCCCCC/C=C/CCCCCCCC(=O)OCC(CO)(CO)CO.O=C(O)CCCCC(=O)O. The van der Waals surface area contributed by atoms with Crippen molar-refractivity contribution in [2.75, 3.05) is 26.4 Å². The van der Waals surface area contributed by atoms with Crippen LogP contribution in [0.4, 0.5) is 0 Å². The number of rotatable bonds is 25. The lowest BCUT2D eigenvalue weighted by molar-refractivity contribution is -0.151. The number of unbranched alkanes of at least 4 members (excludes halogenated alkanes) is 12. The van der Waals surface area contributed by atoms with Crippen LogP contribution in [0.25, 0.3) is 0 Å². The Morgan fingerprint density at radius 1 is 0.605 bits per heavy atom. The van der Waals surface area contributed by atoms with Gasteiger partial charge in [-0.15, -0.1) is 0 Å². The van der Waals surface area contributed by atoms with E-state index in [9.17, 15) is 29.7 Å². The van der Waals surface area contributed by atoms with E-state index in [0.29, 0.717) is 19.3 Å². The molecule has 0 aromatic rings. The fraction of sp³-hybridized carbons (Fsp3) is 0.828. The maximum Gasteiger partial charge on any atom is 0.305 e. The molecule has 0 fully saturated rings. The van der Waals surface area contributed by atoms with Crippen molar-refractivity contribution in [3.63, 3.8) is 0 Å². The second kappa shape index (κ2) is 28.0. The van der Waals surface area contributed by atoms with Crippen LogP contribution in [-0.2, 0) is 19.1 Å². The third-order valence-electron chi connectivity index (χ3n) is 6.22. The van der Waals surface area contributed by atoms with E-state index in [2.05, 4.69) is 19.1 Å². The lowest BCUT2D eigenvalue weighted by atomic mass is 9.93. The van der Waals surface area contributed by atoms with E-state index in [-0.39, 0.29) is 25.4 Å². The normalized spacial score (nSPS) is 11.3. The largest absolute Gasteiger partial charge is 0.481 e. The summed E-state index contributed by atoms with van der Waals surface area (Å²) in [4.78, 5) is 31.5. The molecule has 0 aromatic carbocycles. The highest BCUT2D eigenvalue weighted by Crippen LogP contribution is 2.16. The van der Waals surface area contributed by atoms with Gasteiger partial charge < -0.3 is 30.3 Å². The van der Waals surface area contributed by atoms with Gasteiger partial charge in [-0.05, 0) is 44.9 Å². The maximum atomic E-state index is 11.7. The Morgan fingerprint density at radius 2 is 1.00 bits per heavy atom. The molecule has 0 bridgehead atoms. The molecule has 9 nitrogen and oxygen atoms in total. The second-order valence-electron chi connectivity index (χ2n) is 9.96. The quantitative estimate of drug-likeness (QED) is 0.0585. The summed E-state index contributed by atoms with van der Waals surface area (Å²) >= 11 is 0. The van der Waals surface area contributed by atoms with Crippen molar-refractivity contribution in [2.45, 2.75) is 122 Å². The Bertz CT molecular complexity index is 577. The third-order valence-corrected chi connectivity index (χ3v) is 6.22. The predicted octanol–water partition coefficient (Wildman–Crippen LogP) is 5.25. The molecule has 0 unspecified atom stereocenters. The highest BCUT2D eigenvalue weighted by atomic mass is 16.5. The molecule has 0 amide bonds. The van der Waals surface area contributed by atoms with Crippen molar-refractivity contribution in [3.8, 4) is 0 Å². The first-order valence-electron chi connectivity index (χ1n) is 14.3. The molecule has 224 valence electrons. The van der Waals surface area contributed by atoms with Crippen molar-refractivity contribution in [2.24, 2.45) is 5.41 Å². The first-order chi connectivity index (χ1) is 18.3. The van der Waals surface area contributed by atoms with E-state index in [4.69, 9.17) is 14.9 Å². The van der Waals surface area contributed by atoms with Gasteiger partial charge in [-0.2, -0.15) is 0 Å². The van der Waals surface area contributed by atoms with Crippen LogP contribution < -0.4 is 0 Å². The van der Waals surface area contributed by atoms with Crippen LogP contribution >= 0.6 is 0 Å². The number of hydrogen-bond acceptors (Lipinski definition) is 7. The van der Waals surface area contributed by atoms with Crippen LogP contribution in [0.3, 0.4) is 0 Å². The van der Waals surface area contributed by atoms with Gasteiger partial charge in [-0.3, -0.25) is 14.4 Å². The Kier molecular flexibility index (Phi) is 28.2. The zero-order valence-electron chi connectivity index (χ0n) is 23.6. The van der Waals surface area contributed by atoms with Gasteiger partial charge in [0.05, 0.1) is 25.2 Å². The summed E-state index contributed by atoms with van der Waals surface area (Å²) in [5, 5.41) is 43.8. The number of aliphatic hydroxyl groups excluding tert-OH is 3. The standard InChI is InChI=1S/C23H44O5.C6H10O4/c1-2-3-4-5-6-7-8-9-10-11-12-13-14-15-16-17-22(27)28-21-23(18-24,19-25)20-26;7-5(8)3-1-2-4-6(9)10/h9-10,24-26H,2-8,11-21H2,1H3;1-4H2,(H,7,8)(H,9,10)/b10-9+;. The number of aliphatic hydroxyl groups is 3. The number of carbonyl (C=O) groups is 3. The number of carboxylic acids is 2. The molecule has 0 radical (unpaired) electrons. The number of esters is 1. The van der Waals surface area contributed by atoms with Gasteiger partial charge >= 0.3 is 17.9 Å². The zero-order chi connectivity index (χ0) is 28.9. The number of carbonyl (C=O) groups excluding carboxylic acids is 1.